The van der Waals surface area contributed by atoms with Crippen molar-refractivity contribution in [1.82, 2.24) is 9.97 Å². The van der Waals surface area contributed by atoms with Gasteiger partial charge in [-0.1, -0.05) is 0 Å². The van der Waals surface area contributed by atoms with Crippen molar-refractivity contribution in [3.05, 3.63) is 157 Å². The number of carbonyl (C=O) groups is 6. The number of methoxy groups -OCH3 is 4. The van der Waals surface area contributed by atoms with Crippen LogP contribution in [0.5, 0.6) is 46.0 Å². The fourth-order valence-corrected chi connectivity index (χ4v) is 8.23. The highest BCUT2D eigenvalue weighted by Gasteiger charge is 2.57. The molecule has 8 aromatic rings. The van der Waals surface area contributed by atoms with E-state index in [1.807, 2.05) is 0 Å². The van der Waals surface area contributed by atoms with E-state index < -0.39 is 58.7 Å². The van der Waals surface area contributed by atoms with Crippen molar-refractivity contribution in [2.75, 3.05) is 49.7 Å². The van der Waals surface area contributed by atoms with Crippen LogP contribution in [0.3, 0.4) is 0 Å². The normalized spacial score (nSPS) is 13.4. The molecule has 1 atom stereocenters. The van der Waals surface area contributed by atoms with Gasteiger partial charge in [-0.2, -0.15) is 0 Å². The lowest BCUT2D eigenvalue weighted by molar-refractivity contribution is -0.152. The molecule has 2 aliphatic carbocycles. The number of amides is 4. The highest BCUT2D eigenvalue weighted by Crippen LogP contribution is 2.49. The van der Waals surface area contributed by atoms with Gasteiger partial charge in [0.2, 0.25) is 23.6 Å². The molecule has 6 aromatic carbocycles. The standard InChI is InChI=1S/2C28H24FN3O5.C4H6O5/c2*1-35-24-15-21-22(16-25(24)36-2)30-14-11-23(21)37-20-9-7-19(8-10-20)32-27(34)28(12-13-28)26(33)31-18-5-3-17(29)4-6-18;5-2(4(8)9)1-3(6)7/h2*3-11,14-16H,12-13H2,1-2H3,(H,31,33)(H,32,34);2,5H,1H2,(H,6,7)(H,8,9)/t;;2-/m..0/s1. The van der Waals surface area contributed by atoms with E-state index in [1.165, 1.54) is 48.5 Å². The summed E-state index contributed by atoms with van der Waals surface area (Å²) < 4.78 is 59.9. The van der Waals surface area contributed by atoms with Gasteiger partial charge in [0, 0.05) is 58.0 Å². The number of carbonyl (C=O) groups excluding carboxylic acids is 4. The van der Waals surface area contributed by atoms with Crippen molar-refractivity contribution in [2.24, 2.45) is 10.8 Å². The Hall–Kier alpha value is -10.4. The van der Waals surface area contributed by atoms with Crippen molar-refractivity contribution < 1.29 is 81.3 Å². The summed E-state index contributed by atoms with van der Waals surface area (Å²) in [6, 6.07) is 35.2. The minimum atomic E-state index is -1.79. The van der Waals surface area contributed by atoms with Crippen LogP contribution in [-0.4, -0.2) is 95.4 Å². The molecule has 83 heavy (non-hydrogen) atoms. The Morgan fingerprint density at radius 2 is 0.771 bits per heavy atom. The Balaban J connectivity index is 0.000000189. The largest absolute Gasteiger partial charge is 0.493 e. The molecule has 0 bridgehead atoms. The minimum Gasteiger partial charge on any atom is -0.493 e. The summed E-state index contributed by atoms with van der Waals surface area (Å²) in [4.78, 5) is 79.5. The molecule has 0 spiro atoms. The molecule has 2 heterocycles. The second-order valence-corrected chi connectivity index (χ2v) is 18.8. The van der Waals surface area contributed by atoms with Crippen molar-refractivity contribution in [1.29, 1.82) is 0 Å². The number of anilines is 4. The first-order valence-electron chi connectivity index (χ1n) is 25.3. The molecule has 0 aliphatic heterocycles. The second-order valence-electron chi connectivity index (χ2n) is 18.8. The van der Waals surface area contributed by atoms with Crippen LogP contribution >= 0.6 is 0 Å². The number of carboxylic acid groups (broad SMARTS) is 2. The predicted octanol–water partition coefficient (Wildman–Crippen LogP) is 9.99. The number of hydrogen-bond acceptors (Lipinski definition) is 15. The summed E-state index contributed by atoms with van der Waals surface area (Å²) in [5.74, 6) is -0.721. The van der Waals surface area contributed by atoms with E-state index in [0.29, 0.717) is 105 Å². The van der Waals surface area contributed by atoms with Crippen LogP contribution in [0, 0.1) is 22.5 Å². The zero-order chi connectivity index (χ0) is 59.4. The fourth-order valence-electron chi connectivity index (χ4n) is 8.23. The summed E-state index contributed by atoms with van der Waals surface area (Å²) in [5, 5.41) is 36.7. The number of aliphatic hydroxyl groups excluding tert-OH is 1. The molecule has 4 amide bonds. The van der Waals surface area contributed by atoms with E-state index in [9.17, 15) is 37.5 Å². The number of aliphatic carboxylic acids is 2. The van der Waals surface area contributed by atoms with Crippen LogP contribution in [0.1, 0.15) is 32.1 Å². The quantitative estimate of drug-likeness (QED) is 0.0371. The monoisotopic (exact) mass is 1140 g/mol. The number of ether oxygens (including phenoxy) is 6. The van der Waals surface area contributed by atoms with E-state index in [4.69, 9.17) is 43.7 Å². The van der Waals surface area contributed by atoms with Gasteiger partial charge in [-0.15, -0.1) is 0 Å². The van der Waals surface area contributed by atoms with Crippen LogP contribution in [0.4, 0.5) is 31.5 Å². The Morgan fingerprint density at radius 3 is 1.04 bits per heavy atom. The number of fused-ring (bicyclic) bond motifs is 2. The van der Waals surface area contributed by atoms with E-state index >= 15 is 0 Å². The molecule has 2 fully saturated rings. The summed E-state index contributed by atoms with van der Waals surface area (Å²) in [7, 11) is 6.25. The lowest BCUT2D eigenvalue weighted by atomic mass is 10.0. The van der Waals surface area contributed by atoms with Gasteiger partial charge >= 0.3 is 11.9 Å². The number of nitrogens with one attached hydrogen (secondary N) is 4. The van der Waals surface area contributed by atoms with Crippen LogP contribution in [0.25, 0.3) is 21.8 Å². The average molecular weight is 1140 g/mol. The highest BCUT2D eigenvalue weighted by molar-refractivity contribution is 6.18. The van der Waals surface area contributed by atoms with Gasteiger partial charge in [0.05, 0.1) is 45.9 Å². The molecule has 10 rings (SSSR count). The highest BCUT2D eigenvalue weighted by atomic mass is 19.1. The molecule has 21 nitrogen and oxygen atoms in total. The number of halogens is 2. The maximum atomic E-state index is 13.1. The lowest BCUT2D eigenvalue weighted by Crippen LogP contribution is -2.35. The predicted molar refractivity (Wildman–Crippen MR) is 299 cm³/mol. The molecule has 2 aliphatic rings. The topological polar surface area (TPSA) is 292 Å². The molecular formula is C60H54F2N6O15. The van der Waals surface area contributed by atoms with E-state index in [0.717, 1.165) is 10.8 Å². The molecule has 2 saturated carbocycles. The first kappa shape index (κ1) is 58.7. The van der Waals surface area contributed by atoms with Crippen molar-refractivity contribution >= 4 is 80.1 Å². The first-order chi connectivity index (χ1) is 39.9. The number of nitrogens with zero attached hydrogens (tertiary/aromatic N) is 2. The van der Waals surface area contributed by atoms with Gasteiger partial charge in [0.15, 0.2) is 29.1 Å². The second kappa shape index (κ2) is 25.8. The fraction of sp³-hybridized carbons (Fsp3) is 0.200. The maximum Gasteiger partial charge on any atom is 0.333 e. The third-order valence-corrected chi connectivity index (χ3v) is 13.2. The van der Waals surface area contributed by atoms with E-state index in [2.05, 4.69) is 31.2 Å². The number of benzene rings is 6. The summed E-state index contributed by atoms with van der Waals surface area (Å²) >= 11 is 0. The van der Waals surface area contributed by atoms with Gasteiger partial charge < -0.3 is 65.0 Å². The number of aliphatic hydroxyl groups is 1. The number of pyridine rings is 2. The average Bonchev–Trinajstić information content (AvgIpc) is 4.51. The Labute approximate surface area is 472 Å². The van der Waals surface area contributed by atoms with E-state index in [-0.39, 0.29) is 11.8 Å². The summed E-state index contributed by atoms with van der Waals surface area (Å²) in [6.45, 7) is 0. The van der Waals surface area contributed by atoms with Crippen molar-refractivity contribution in [3.63, 3.8) is 0 Å². The van der Waals surface area contributed by atoms with Gasteiger partial charge in [-0.05, 0) is 147 Å². The molecule has 7 N–H and O–H groups in total. The molecule has 23 heteroatoms. The van der Waals surface area contributed by atoms with Gasteiger partial charge in [-0.3, -0.25) is 33.9 Å². The Bertz CT molecular complexity index is 3470. The number of hydrogen-bond donors (Lipinski definition) is 7. The Morgan fingerprint density at radius 1 is 0.470 bits per heavy atom. The molecule has 0 unspecified atom stereocenters. The van der Waals surface area contributed by atoms with Crippen molar-refractivity contribution in [3.8, 4) is 46.0 Å². The molecule has 0 saturated heterocycles. The van der Waals surface area contributed by atoms with Crippen LogP contribution in [0.2, 0.25) is 0 Å². The zero-order valence-corrected chi connectivity index (χ0v) is 44.9. The van der Waals surface area contributed by atoms with Gasteiger partial charge in [0.25, 0.3) is 0 Å². The van der Waals surface area contributed by atoms with Crippen LogP contribution in [-0.2, 0) is 28.8 Å². The Kier molecular flexibility index (Phi) is 18.2. The SMILES string of the molecule is COc1cc2nccc(Oc3ccc(NC(=O)C4(C(=O)Nc5ccc(F)cc5)CC4)cc3)c2cc1OC.COc1cc2nccc(Oc3ccc(NC(=O)C4(C(=O)Nc5ccc(F)cc5)CC4)cc3)c2cc1OC.O=C(O)C[C@H](O)C(=O)O. The molecule has 0 radical (unpaired) electrons. The van der Waals surface area contributed by atoms with Crippen LogP contribution in [0.15, 0.2) is 146 Å². The smallest absolute Gasteiger partial charge is 0.333 e. The molecular weight excluding hydrogens is 1080 g/mol. The number of carboxylic acids is 2. The molecule has 2 aromatic heterocycles. The van der Waals surface area contributed by atoms with Gasteiger partial charge in [0.1, 0.15) is 45.5 Å². The minimum absolute atomic E-state index is 0.387. The third kappa shape index (κ3) is 14.3. The number of rotatable bonds is 19. The van der Waals surface area contributed by atoms with Crippen molar-refractivity contribution in [2.45, 2.75) is 38.2 Å². The molecule has 428 valence electrons. The van der Waals surface area contributed by atoms with Crippen LogP contribution < -0.4 is 49.7 Å². The number of aromatic nitrogens is 2. The van der Waals surface area contributed by atoms with E-state index in [1.54, 1.807) is 126 Å². The zero-order valence-electron chi connectivity index (χ0n) is 44.9. The van der Waals surface area contributed by atoms with Gasteiger partial charge in [-0.25, -0.2) is 13.6 Å². The summed E-state index contributed by atoms with van der Waals surface area (Å²) in [5.41, 5.74) is 1.03. The summed E-state index contributed by atoms with van der Waals surface area (Å²) in [6.07, 6.45) is 2.51. The third-order valence-electron chi connectivity index (χ3n) is 13.2. The maximum absolute atomic E-state index is 13.1. The lowest BCUT2D eigenvalue weighted by Gasteiger charge is -2.16. The first-order valence-corrected chi connectivity index (χ1v) is 25.3.